The topological polar surface area (TPSA) is 40.5 Å². The molecule has 0 aliphatic heterocycles. The first kappa shape index (κ1) is 9.92. The highest BCUT2D eigenvalue weighted by molar-refractivity contribution is 5.32. The Kier molecular flexibility index (Phi) is 2.26. The Bertz CT molecular complexity index is 306. The molecule has 4 heteroatoms. The molecule has 0 atom stereocenters. The first-order chi connectivity index (χ1) is 5.82. The maximum absolute atomic E-state index is 12.8. The second-order valence-corrected chi connectivity index (χ2v) is 3.35. The molecular weight excluding hydrogens is 178 g/mol. The van der Waals surface area contributed by atoms with Crippen molar-refractivity contribution in [1.82, 2.24) is 0 Å². The third-order valence-electron chi connectivity index (χ3n) is 1.72. The number of hydrogen-bond donors (Lipinski definition) is 2. The van der Waals surface area contributed by atoms with Gasteiger partial charge in [0, 0.05) is 0 Å². The van der Waals surface area contributed by atoms with Gasteiger partial charge in [0.05, 0.1) is 5.60 Å². The third kappa shape index (κ3) is 1.95. The lowest BCUT2D eigenvalue weighted by Gasteiger charge is -2.17. The summed E-state index contributed by atoms with van der Waals surface area (Å²) < 4.78 is 25.5. The number of benzene rings is 1. The van der Waals surface area contributed by atoms with E-state index in [0.29, 0.717) is 0 Å². The molecule has 0 fully saturated rings. The van der Waals surface area contributed by atoms with Gasteiger partial charge in [-0.25, -0.2) is 8.78 Å². The van der Waals surface area contributed by atoms with Crippen molar-refractivity contribution < 1.29 is 19.0 Å². The van der Waals surface area contributed by atoms with Crippen LogP contribution in [0.5, 0.6) is 5.75 Å². The number of halogens is 2. The Balaban J connectivity index is 3.29. The van der Waals surface area contributed by atoms with Crippen LogP contribution in [0, 0.1) is 11.6 Å². The zero-order chi connectivity index (χ0) is 10.2. The van der Waals surface area contributed by atoms with E-state index in [9.17, 15) is 13.9 Å². The summed E-state index contributed by atoms with van der Waals surface area (Å²) in [6.45, 7) is 2.80. The zero-order valence-electron chi connectivity index (χ0n) is 7.31. The van der Waals surface area contributed by atoms with E-state index in [1.54, 1.807) is 0 Å². The molecule has 1 aromatic rings. The zero-order valence-corrected chi connectivity index (χ0v) is 7.31. The van der Waals surface area contributed by atoms with Gasteiger partial charge in [0.1, 0.15) is 0 Å². The summed E-state index contributed by atoms with van der Waals surface area (Å²) in [6, 6.07) is 1.80. The van der Waals surface area contributed by atoms with E-state index in [1.165, 1.54) is 13.8 Å². The molecule has 1 rings (SSSR count). The average Bonchev–Trinajstić information content (AvgIpc) is 1.97. The minimum absolute atomic E-state index is 0.0836. The molecular formula is C9H10F2O2. The van der Waals surface area contributed by atoms with Crippen molar-refractivity contribution in [3.63, 3.8) is 0 Å². The van der Waals surface area contributed by atoms with Crippen LogP contribution in [0.3, 0.4) is 0 Å². The number of phenols is 1. The smallest absolute Gasteiger partial charge is 0.187 e. The van der Waals surface area contributed by atoms with Crippen LogP contribution in [0.15, 0.2) is 12.1 Å². The quantitative estimate of drug-likeness (QED) is 0.706. The van der Waals surface area contributed by atoms with Gasteiger partial charge in [0.2, 0.25) is 0 Å². The molecule has 0 saturated carbocycles. The molecule has 0 aromatic heterocycles. The van der Waals surface area contributed by atoms with Gasteiger partial charge in [-0.15, -0.1) is 0 Å². The number of phenolic OH excluding ortho intramolecular Hbond substituents is 1. The van der Waals surface area contributed by atoms with E-state index in [4.69, 9.17) is 5.11 Å². The summed E-state index contributed by atoms with van der Waals surface area (Å²) in [5.74, 6) is -3.16. The Morgan fingerprint density at radius 2 is 1.54 bits per heavy atom. The van der Waals surface area contributed by atoms with Gasteiger partial charge < -0.3 is 10.2 Å². The van der Waals surface area contributed by atoms with Gasteiger partial charge in [-0.05, 0) is 31.5 Å². The molecule has 2 nitrogen and oxygen atoms in total. The Labute approximate surface area is 74.4 Å². The van der Waals surface area contributed by atoms with Crippen LogP contribution in [0.25, 0.3) is 0 Å². The van der Waals surface area contributed by atoms with Crippen molar-refractivity contribution in [2.45, 2.75) is 19.4 Å². The molecule has 0 bridgehead atoms. The lowest BCUT2D eigenvalue weighted by Crippen LogP contribution is -2.16. The Morgan fingerprint density at radius 1 is 1.15 bits per heavy atom. The summed E-state index contributed by atoms with van der Waals surface area (Å²) in [7, 11) is 0. The van der Waals surface area contributed by atoms with Crippen LogP contribution in [-0.2, 0) is 5.60 Å². The lowest BCUT2D eigenvalue weighted by atomic mass is 9.98. The average molecular weight is 188 g/mol. The van der Waals surface area contributed by atoms with Crippen LogP contribution in [0.1, 0.15) is 19.4 Å². The lowest BCUT2D eigenvalue weighted by molar-refractivity contribution is 0.0777. The second kappa shape index (κ2) is 2.96. The van der Waals surface area contributed by atoms with Crippen LogP contribution in [0.4, 0.5) is 8.78 Å². The van der Waals surface area contributed by atoms with Gasteiger partial charge in [-0.2, -0.15) is 0 Å². The summed E-state index contributed by atoms with van der Waals surface area (Å²) >= 11 is 0. The molecule has 0 spiro atoms. The van der Waals surface area contributed by atoms with E-state index >= 15 is 0 Å². The monoisotopic (exact) mass is 188 g/mol. The molecule has 0 amide bonds. The first-order valence-corrected chi connectivity index (χ1v) is 3.73. The number of aliphatic hydroxyl groups is 1. The summed E-state index contributed by atoms with van der Waals surface area (Å²) in [4.78, 5) is 0. The fraction of sp³-hybridized carbons (Fsp3) is 0.333. The minimum Gasteiger partial charge on any atom is -0.503 e. The van der Waals surface area contributed by atoms with Gasteiger partial charge in [-0.1, -0.05) is 0 Å². The van der Waals surface area contributed by atoms with Crippen molar-refractivity contribution in [1.29, 1.82) is 0 Å². The Morgan fingerprint density at radius 3 is 1.85 bits per heavy atom. The molecule has 0 aliphatic rings. The highest BCUT2D eigenvalue weighted by atomic mass is 19.1. The number of rotatable bonds is 1. The van der Waals surface area contributed by atoms with Crippen LogP contribution in [0.2, 0.25) is 0 Å². The van der Waals surface area contributed by atoms with Gasteiger partial charge in [-0.3, -0.25) is 0 Å². The fourth-order valence-electron chi connectivity index (χ4n) is 0.919. The van der Waals surface area contributed by atoms with Crippen molar-refractivity contribution in [2.24, 2.45) is 0 Å². The summed E-state index contributed by atoms with van der Waals surface area (Å²) in [5.41, 5.74) is -1.24. The number of hydrogen-bond acceptors (Lipinski definition) is 2. The van der Waals surface area contributed by atoms with E-state index in [-0.39, 0.29) is 5.56 Å². The van der Waals surface area contributed by atoms with Crippen LogP contribution >= 0.6 is 0 Å². The van der Waals surface area contributed by atoms with Crippen molar-refractivity contribution in [2.75, 3.05) is 0 Å². The molecule has 13 heavy (non-hydrogen) atoms. The van der Waals surface area contributed by atoms with Crippen LogP contribution in [-0.4, -0.2) is 10.2 Å². The van der Waals surface area contributed by atoms with Crippen molar-refractivity contribution >= 4 is 0 Å². The first-order valence-electron chi connectivity index (χ1n) is 3.73. The molecule has 2 N–H and O–H groups in total. The molecule has 72 valence electrons. The van der Waals surface area contributed by atoms with E-state index in [1.807, 2.05) is 0 Å². The standard InChI is InChI=1S/C9H10F2O2/c1-9(2,13)5-3-6(10)8(12)7(11)4-5/h3-4,12-13H,1-2H3. The van der Waals surface area contributed by atoms with Gasteiger partial charge in [0.15, 0.2) is 17.4 Å². The summed E-state index contributed by atoms with van der Waals surface area (Å²) in [6.07, 6.45) is 0. The molecule has 0 radical (unpaired) electrons. The highest BCUT2D eigenvalue weighted by Gasteiger charge is 2.20. The molecule has 0 saturated heterocycles. The Hall–Kier alpha value is -1.16. The second-order valence-electron chi connectivity index (χ2n) is 3.35. The SMILES string of the molecule is CC(C)(O)c1cc(F)c(O)c(F)c1. The maximum Gasteiger partial charge on any atom is 0.187 e. The summed E-state index contributed by atoms with van der Waals surface area (Å²) in [5, 5.41) is 18.2. The van der Waals surface area contributed by atoms with E-state index < -0.39 is 23.0 Å². The molecule has 0 aliphatic carbocycles. The molecule has 1 aromatic carbocycles. The molecule has 0 unspecified atom stereocenters. The van der Waals surface area contributed by atoms with Gasteiger partial charge >= 0.3 is 0 Å². The van der Waals surface area contributed by atoms with Crippen molar-refractivity contribution in [3.05, 3.63) is 29.3 Å². The highest BCUT2D eigenvalue weighted by Crippen LogP contribution is 2.27. The largest absolute Gasteiger partial charge is 0.503 e. The maximum atomic E-state index is 12.8. The van der Waals surface area contributed by atoms with Gasteiger partial charge in [0.25, 0.3) is 0 Å². The predicted octanol–water partition coefficient (Wildman–Crippen LogP) is 1.90. The predicted molar refractivity (Wildman–Crippen MR) is 43.3 cm³/mol. The van der Waals surface area contributed by atoms with Crippen molar-refractivity contribution in [3.8, 4) is 5.75 Å². The third-order valence-corrected chi connectivity index (χ3v) is 1.72. The molecule has 0 heterocycles. The minimum atomic E-state index is -1.32. The van der Waals surface area contributed by atoms with E-state index in [2.05, 4.69) is 0 Å². The van der Waals surface area contributed by atoms with E-state index in [0.717, 1.165) is 12.1 Å². The fourth-order valence-corrected chi connectivity index (χ4v) is 0.919. The normalized spacial score (nSPS) is 11.8. The number of aromatic hydroxyl groups is 1. The van der Waals surface area contributed by atoms with Crippen LogP contribution < -0.4 is 0 Å².